The Balaban J connectivity index is 4.12. The Morgan fingerprint density at radius 3 is 2.25 bits per heavy atom. The van der Waals surface area contributed by atoms with Crippen LogP contribution in [-0.4, -0.2) is 13.1 Å². The van der Waals surface area contributed by atoms with Crippen LogP contribution in [0, 0.1) is 11.8 Å². The van der Waals surface area contributed by atoms with Crippen molar-refractivity contribution in [3.8, 4) is 0 Å². The van der Waals surface area contributed by atoms with Crippen molar-refractivity contribution in [1.82, 2.24) is 5.32 Å². The van der Waals surface area contributed by atoms with Gasteiger partial charge in [-0.15, -0.1) is 0 Å². The summed E-state index contributed by atoms with van der Waals surface area (Å²) in [7, 11) is 2.04. The minimum absolute atomic E-state index is 0.612. The summed E-state index contributed by atoms with van der Waals surface area (Å²) in [6.45, 7) is 8.90. The van der Waals surface area contributed by atoms with E-state index in [0.29, 0.717) is 12.0 Å². The molecule has 0 bridgehead atoms. The third-order valence-corrected chi connectivity index (χ3v) is 2.74. The molecule has 0 aliphatic carbocycles. The lowest BCUT2D eigenvalue weighted by molar-refractivity contribution is 0.316. The molecule has 1 nitrogen and oxygen atoms in total. The highest BCUT2D eigenvalue weighted by atomic mass is 14.9. The molecule has 72 valence electrons. The Morgan fingerprint density at radius 2 is 1.92 bits per heavy atom. The van der Waals surface area contributed by atoms with Gasteiger partial charge in [-0.3, -0.25) is 0 Å². The molecular formula is C11H23N. The third-order valence-electron chi connectivity index (χ3n) is 2.74. The first-order valence-electron chi connectivity index (χ1n) is 4.97. The Bertz CT molecular complexity index is 129. The molecule has 0 rings (SSSR count). The van der Waals surface area contributed by atoms with Gasteiger partial charge in [0.1, 0.15) is 0 Å². The molecule has 0 aromatic heterocycles. The van der Waals surface area contributed by atoms with E-state index in [0.717, 1.165) is 5.92 Å². The van der Waals surface area contributed by atoms with E-state index >= 15 is 0 Å². The van der Waals surface area contributed by atoms with Gasteiger partial charge in [0, 0.05) is 6.04 Å². The molecule has 0 aliphatic heterocycles. The van der Waals surface area contributed by atoms with Gasteiger partial charge in [-0.1, -0.05) is 32.4 Å². The molecule has 0 aromatic rings. The average molecular weight is 169 g/mol. The van der Waals surface area contributed by atoms with Gasteiger partial charge < -0.3 is 5.32 Å². The average Bonchev–Trinajstić information content (AvgIpc) is 2.06. The van der Waals surface area contributed by atoms with Crippen LogP contribution >= 0.6 is 0 Å². The predicted molar refractivity (Wildman–Crippen MR) is 56.3 cm³/mol. The second-order valence-corrected chi connectivity index (χ2v) is 3.53. The summed E-state index contributed by atoms with van der Waals surface area (Å²) in [6.07, 6.45) is 5.69. The van der Waals surface area contributed by atoms with Crippen molar-refractivity contribution in [2.24, 2.45) is 11.8 Å². The van der Waals surface area contributed by atoms with Gasteiger partial charge >= 0.3 is 0 Å². The molecule has 0 amide bonds. The zero-order chi connectivity index (χ0) is 9.56. The van der Waals surface area contributed by atoms with Gasteiger partial charge in [-0.25, -0.2) is 0 Å². The number of nitrogens with one attached hydrogen (secondary N) is 1. The quantitative estimate of drug-likeness (QED) is 0.624. The minimum atomic E-state index is 0.612. The highest BCUT2D eigenvalue weighted by Gasteiger charge is 2.18. The van der Waals surface area contributed by atoms with Crippen molar-refractivity contribution >= 4 is 0 Å². The fraction of sp³-hybridized carbons (Fsp3) is 0.818. The molecule has 0 fully saturated rings. The van der Waals surface area contributed by atoms with Crippen molar-refractivity contribution < 1.29 is 0 Å². The summed E-state index contributed by atoms with van der Waals surface area (Å²) in [4.78, 5) is 0. The summed E-state index contributed by atoms with van der Waals surface area (Å²) >= 11 is 0. The lowest BCUT2D eigenvalue weighted by Crippen LogP contribution is -2.33. The zero-order valence-corrected chi connectivity index (χ0v) is 9.09. The van der Waals surface area contributed by atoms with Crippen LogP contribution in [-0.2, 0) is 0 Å². The predicted octanol–water partition coefficient (Wildman–Crippen LogP) is 2.83. The molecule has 1 N–H and O–H groups in total. The normalized spacial score (nSPS) is 19.4. The molecule has 12 heavy (non-hydrogen) atoms. The summed E-state index contributed by atoms with van der Waals surface area (Å²) in [5.41, 5.74) is 0. The van der Waals surface area contributed by atoms with Gasteiger partial charge in [0.15, 0.2) is 0 Å². The van der Waals surface area contributed by atoms with Crippen molar-refractivity contribution in [1.29, 1.82) is 0 Å². The Kier molecular flexibility index (Phi) is 6.09. The Hall–Kier alpha value is -0.300. The molecule has 3 atom stereocenters. The topological polar surface area (TPSA) is 12.0 Å². The van der Waals surface area contributed by atoms with Crippen LogP contribution in [0.25, 0.3) is 0 Å². The van der Waals surface area contributed by atoms with E-state index in [1.54, 1.807) is 0 Å². The second-order valence-electron chi connectivity index (χ2n) is 3.53. The van der Waals surface area contributed by atoms with Crippen LogP contribution in [0.3, 0.4) is 0 Å². The molecule has 0 aliphatic rings. The maximum absolute atomic E-state index is 3.32. The van der Waals surface area contributed by atoms with Gasteiger partial charge in [-0.2, -0.15) is 0 Å². The van der Waals surface area contributed by atoms with Gasteiger partial charge in [0.05, 0.1) is 0 Å². The summed E-state index contributed by atoms with van der Waals surface area (Å²) in [6, 6.07) is 0.612. The molecule has 0 saturated heterocycles. The van der Waals surface area contributed by atoms with Crippen LogP contribution in [0.1, 0.15) is 34.1 Å². The van der Waals surface area contributed by atoms with Gasteiger partial charge in [0.2, 0.25) is 0 Å². The van der Waals surface area contributed by atoms with Crippen molar-refractivity contribution in [3.63, 3.8) is 0 Å². The molecule has 3 unspecified atom stereocenters. The van der Waals surface area contributed by atoms with Crippen LogP contribution in [0.5, 0.6) is 0 Å². The monoisotopic (exact) mass is 169 g/mol. The number of hydrogen-bond donors (Lipinski definition) is 1. The van der Waals surface area contributed by atoms with E-state index < -0.39 is 0 Å². The first-order chi connectivity index (χ1) is 5.67. The van der Waals surface area contributed by atoms with Crippen LogP contribution in [0.2, 0.25) is 0 Å². The Labute approximate surface area is 77.2 Å². The van der Waals surface area contributed by atoms with E-state index in [-0.39, 0.29) is 0 Å². The van der Waals surface area contributed by atoms with Gasteiger partial charge in [-0.05, 0) is 32.7 Å². The molecule has 1 heteroatoms. The first kappa shape index (κ1) is 11.7. The second kappa shape index (κ2) is 6.24. The SMILES string of the molecule is C/C=C\C(C)C(CC)C(C)NC. The molecule has 0 radical (unpaired) electrons. The molecule has 0 heterocycles. The molecule has 0 saturated carbocycles. The highest BCUT2D eigenvalue weighted by Crippen LogP contribution is 2.20. The summed E-state index contributed by atoms with van der Waals surface area (Å²) < 4.78 is 0. The smallest absolute Gasteiger partial charge is 0.00694 e. The first-order valence-corrected chi connectivity index (χ1v) is 4.97. The fourth-order valence-electron chi connectivity index (χ4n) is 1.84. The highest BCUT2D eigenvalue weighted by molar-refractivity contribution is 4.89. The van der Waals surface area contributed by atoms with E-state index in [9.17, 15) is 0 Å². The van der Waals surface area contributed by atoms with E-state index in [4.69, 9.17) is 0 Å². The van der Waals surface area contributed by atoms with Gasteiger partial charge in [0.25, 0.3) is 0 Å². The van der Waals surface area contributed by atoms with Crippen molar-refractivity contribution in [2.45, 2.75) is 40.2 Å². The lowest BCUT2D eigenvalue weighted by atomic mass is 9.85. The van der Waals surface area contributed by atoms with E-state index in [2.05, 4.69) is 45.2 Å². The molecule has 0 aromatic carbocycles. The summed E-state index contributed by atoms with van der Waals surface area (Å²) in [5, 5.41) is 3.32. The largest absolute Gasteiger partial charge is 0.317 e. The van der Waals surface area contributed by atoms with Crippen LogP contribution in [0.15, 0.2) is 12.2 Å². The number of allylic oxidation sites excluding steroid dienone is 2. The number of rotatable bonds is 5. The van der Waals surface area contributed by atoms with E-state index in [1.165, 1.54) is 6.42 Å². The standard InChI is InChI=1S/C11H23N/c1-6-8-9(3)11(7-2)10(4)12-5/h6,8-12H,7H2,1-5H3/b8-6-. The Morgan fingerprint density at radius 1 is 1.33 bits per heavy atom. The third kappa shape index (κ3) is 3.40. The minimum Gasteiger partial charge on any atom is -0.317 e. The van der Waals surface area contributed by atoms with Crippen molar-refractivity contribution in [3.05, 3.63) is 12.2 Å². The summed E-state index contributed by atoms with van der Waals surface area (Å²) in [5.74, 6) is 1.44. The maximum Gasteiger partial charge on any atom is 0.00694 e. The zero-order valence-electron chi connectivity index (χ0n) is 9.09. The van der Waals surface area contributed by atoms with Crippen molar-refractivity contribution in [2.75, 3.05) is 7.05 Å². The van der Waals surface area contributed by atoms with Crippen LogP contribution in [0.4, 0.5) is 0 Å². The number of hydrogen-bond acceptors (Lipinski definition) is 1. The molecule has 0 spiro atoms. The van der Waals surface area contributed by atoms with Crippen LogP contribution < -0.4 is 5.32 Å². The molecular weight excluding hydrogens is 146 g/mol. The fourth-order valence-corrected chi connectivity index (χ4v) is 1.84. The van der Waals surface area contributed by atoms with E-state index in [1.807, 2.05) is 7.05 Å². The maximum atomic E-state index is 3.32. The lowest BCUT2D eigenvalue weighted by Gasteiger charge is -2.26.